The van der Waals surface area contributed by atoms with Crippen molar-refractivity contribution in [3.8, 4) is 0 Å². The second-order valence-electron chi connectivity index (χ2n) is 6.22. The number of ether oxygens (including phenoxy) is 1. The lowest BCUT2D eigenvalue weighted by molar-refractivity contribution is -0.00805. The summed E-state index contributed by atoms with van der Waals surface area (Å²) in [6.45, 7) is 5.15. The average molecular weight is 534 g/mol. The van der Waals surface area contributed by atoms with Crippen LogP contribution in [0.3, 0.4) is 0 Å². The number of hydrogen-bond acceptors (Lipinski definition) is 3. The Hall–Kier alpha value is -1.13. The van der Waals surface area contributed by atoms with E-state index in [0.29, 0.717) is 6.61 Å². The third-order valence-corrected chi connectivity index (χ3v) is 4.91. The Balaban J connectivity index is 0.00000243. The van der Waals surface area contributed by atoms with Crippen LogP contribution in [0.15, 0.2) is 40.1 Å². The second-order valence-corrected chi connectivity index (χ2v) is 7.14. The van der Waals surface area contributed by atoms with E-state index >= 15 is 0 Å². The van der Waals surface area contributed by atoms with Gasteiger partial charge in [0.1, 0.15) is 6.10 Å². The number of halogens is 2. The quantitative estimate of drug-likeness (QED) is 0.374. The molecular weight excluding hydrogens is 509 g/mol. The molecule has 26 heavy (non-hydrogen) atoms. The predicted molar refractivity (Wildman–Crippen MR) is 118 cm³/mol. The fourth-order valence-corrected chi connectivity index (χ4v) is 3.49. The van der Waals surface area contributed by atoms with Crippen molar-refractivity contribution in [2.45, 2.75) is 19.6 Å². The van der Waals surface area contributed by atoms with Gasteiger partial charge in [0, 0.05) is 43.4 Å². The zero-order valence-electron chi connectivity index (χ0n) is 15.3. The third-order valence-electron chi connectivity index (χ3n) is 4.42. The number of hydrogen-bond donors (Lipinski definition) is 1. The molecule has 1 aliphatic heterocycles. The number of aromatic nitrogens is 2. The SMILES string of the molecule is CN=C(NCc1ccc(Br)cc1C)N1CCOC(c2cnn(C)c2)C1.I. The van der Waals surface area contributed by atoms with Gasteiger partial charge in [-0.25, -0.2) is 0 Å². The van der Waals surface area contributed by atoms with E-state index in [4.69, 9.17) is 4.74 Å². The minimum absolute atomic E-state index is 0. The fraction of sp³-hybridized carbons (Fsp3) is 0.444. The van der Waals surface area contributed by atoms with E-state index in [2.05, 4.69) is 61.4 Å². The van der Waals surface area contributed by atoms with Gasteiger partial charge < -0.3 is 15.0 Å². The molecule has 142 valence electrons. The van der Waals surface area contributed by atoms with Gasteiger partial charge >= 0.3 is 0 Å². The summed E-state index contributed by atoms with van der Waals surface area (Å²) in [5, 5.41) is 7.72. The maximum absolute atomic E-state index is 5.91. The first-order valence-corrected chi connectivity index (χ1v) is 9.17. The van der Waals surface area contributed by atoms with Crippen LogP contribution < -0.4 is 5.32 Å². The van der Waals surface area contributed by atoms with Gasteiger partial charge in [0.15, 0.2) is 5.96 Å². The second kappa shape index (κ2) is 9.70. The Kier molecular flexibility index (Phi) is 7.90. The van der Waals surface area contributed by atoms with Crippen molar-refractivity contribution >= 4 is 45.9 Å². The van der Waals surface area contributed by atoms with Gasteiger partial charge in [0.2, 0.25) is 0 Å². The van der Waals surface area contributed by atoms with Crippen molar-refractivity contribution in [1.29, 1.82) is 0 Å². The molecule has 1 unspecified atom stereocenters. The summed E-state index contributed by atoms with van der Waals surface area (Å²) in [5.74, 6) is 0.902. The van der Waals surface area contributed by atoms with Gasteiger partial charge in [-0.2, -0.15) is 5.10 Å². The summed E-state index contributed by atoms with van der Waals surface area (Å²) in [5.41, 5.74) is 3.63. The summed E-state index contributed by atoms with van der Waals surface area (Å²) in [6, 6.07) is 6.34. The van der Waals surface area contributed by atoms with Crippen LogP contribution in [0.1, 0.15) is 22.8 Å². The minimum atomic E-state index is 0. The van der Waals surface area contributed by atoms with E-state index in [9.17, 15) is 0 Å². The first-order valence-electron chi connectivity index (χ1n) is 8.37. The Morgan fingerprint density at radius 1 is 1.46 bits per heavy atom. The van der Waals surface area contributed by atoms with Crippen LogP contribution in [0.25, 0.3) is 0 Å². The molecule has 0 spiro atoms. The Morgan fingerprint density at radius 3 is 2.92 bits per heavy atom. The molecule has 8 heteroatoms. The Morgan fingerprint density at radius 2 is 2.27 bits per heavy atom. The monoisotopic (exact) mass is 533 g/mol. The summed E-state index contributed by atoms with van der Waals surface area (Å²) < 4.78 is 8.82. The highest BCUT2D eigenvalue weighted by atomic mass is 127. The standard InChI is InChI=1S/C18H24BrN5O.HI/c1-13-8-16(19)5-4-14(13)9-21-18(20-2)24-6-7-25-17(12-24)15-10-22-23(3)11-15;/h4-5,8,10-11,17H,6-7,9,12H2,1-3H3,(H,20,21);1H. The highest BCUT2D eigenvalue weighted by Crippen LogP contribution is 2.22. The lowest BCUT2D eigenvalue weighted by atomic mass is 10.1. The summed E-state index contributed by atoms with van der Waals surface area (Å²) >= 11 is 3.51. The molecule has 0 aliphatic carbocycles. The number of benzene rings is 1. The third kappa shape index (κ3) is 5.20. The molecule has 1 fully saturated rings. The number of aryl methyl sites for hydroxylation is 2. The van der Waals surface area contributed by atoms with Crippen LogP contribution >= 0.6 is 39.9 Å². The van der Waals surface area contributed by atoms with Crippen molar-refractivity contribution in [3.05, 3.63) is 51.8 Å². The smallest absolute Gasteiger partial charge is 0.194 e. The molecule has 1 saturated heterocycles. The molecule has 0 amide bonds. The molecule has 1 aliphatic rings. The van der Waals surface area contributed by atoms with Crippen molar-refractivity contribution in [1.82, 2.24) is 20.0 Å². The van der Waals surface area contributed by atoms with E-state index in [1.165, 1.54) is 11.1 Å². The molecule has 2 aromatic rings. The van der Waals surface area contributed by atoms with Gasteiger partial charge in [-0.3, -0.25) is 9.67 Å². The molecule has 1 N–H and O–H groups in total. The number of aliphatic imine (C=N–C) groups is 1. The molecule has 1 atom stereocenters. The summed E-state index contributed by atoms with van der Waals surface area (Å²) in [6.07, 6.45) is 3.90. The zero-order chi connectivity index (χ0) is 17.8. The van der Waals surface area contributed by atoms with Crippen LogP contribution in [-0.4, -0.2) is 47.4 Å². The van der Waals surface area contributed by atoms with Crippen LogP contribution in [0.2, 0.25) is 0 Å². The van der Waals surface area contributed by atoms with Crippen LogP contribution in [0.5, 0.6) is 0 Å². The van der Waals surface area contributed by atoms with E-state index in [1.807, 2.05) is 26.5 Å². The molecule has 0 saturated carbocycles. The number of guanidine groups is 1. The van der Waals surface area contributed by atoms with Crippen LogP contribution in [0.4, 0.5) is 0 Å². The maximum atomic E-state index is 5.91. The molecular formula is C18H25BrIN5O. The molecule has 2 heterocycles. The Labute approximate surface area is 180 Å². The van der Waals surface area contributed by atoms with Crippen molar-refractivity contribution in [3.63, 3.8) is 0 Å². The first-order chi connectivity index (χ1) is 12.1. The highest BCUT2D eigenvalue weighted by Gasteiger charge is 2.25. The van der Waals surface area contributed by atoms with E-state index in [1.54, 1.807) is 4.68 Å². The molecule has 3 rings (SSSR count). The van der Waals surface area contributed by atoms with Gasteiger partial charge in [0.05, 0.1) is 19.3 Å². The largest absolute Gasteiger partial charge is 0.370 e. The number of rotatable bonds is 3. The molecule has 0 bridgehead atoms. The highest BCUT2D eigenvalue weighted by molar-refractivity contribution is 14.0. The first kappa shape index (κ1) is 21.2. The fourth-order valence-electron chi connectivity index (χ4n) is 3.01. The van der Waals surface area contributed by atoms with Gasteiger partial charge in [0.25, 0.3) is 0 Å². The average Bonchev–Trinajstić information content (AvgIpc) is 3.04. The van der Waals surface area contributed by atoms with Crippen molar-refractivity contribution in [2.24, 2.45) is 12.0 Å². The molecule has 1 aromatic carbocycles. The van der Waals surface area contributed by atoms with Gasteiger partial charge in [-0.05, 0) is 30.2 Å². The van der Waals surface area contributed by atoms with Crippen LogP contribution in [0, 0.1) is 6.92 Å². The van der Waals surface area contributed by atoms with E-state index in [0.717, 1.165) is 35.6 Å². The van der Waals surface area contributed by atoms with Crippen molar-refractivity contribution < 1.29 is 4.74 Å². The van der Waals surface area contributed by atoms with E-state index in [-0.39, 0.29) is 30.1 Å². The van der Waals surface area contributed by atoms with E-state index < -0.39 is 0 Å². The minimum Gasteiger partial charge on any atom is -0.370 e. The number of nitrogens with zero attached hydrogens (tertiary/aromatic N) is 4. The lowest BCUT2D eigenvalue weighted by Crippen LogP contribution is -2.47. The molecule has 1 aromatic heterocycles. The number of morpholine rings is 1. The summed E-state index contributed by atoms with van der Waals surface area (Å²) in [4.78, 5) is 6.70. The zero-order valence-corrected chi connectivity index (χ0v) is 19.2. The molecule has 6 nitrogen and oxygen atoms in total. The van der Waals surface area contributed by atoms with Gasteiger partial charge in [-0.1, -0.05) is 22.0 Å². The number of nitrogens with one attached hydrogen (secondary N) is 1. The van der Waals surface area contributed by atoms with Crippen LogP contribution in [-0.2, 0) is 18.3 Å². The normalized spacial score (nSPS) is 17.8. The topological polar surface area (TPSA) is 54.7 Å². The Bertz CT molecular complexity index is 764. The summed E-state index contributed by atoms with van der Waals surface area (Å²) in [7, 11) is 3.75. The molecule has 0 radical (unpaired) electrons. The predicted octanol–water partition coefficient (Wildman–Crippen LogP) is 3.26. The van der Waals surface area contributed by atoms with Crippen molar-refractivity contribution in [2.75, 3.05) is 26.7 Å². The maximum Gasteiger partial charge on any atom is 0.194 e. The lowest BCUT2D eigenvalue weighted by Gasteiger charge is -2.34. The van der Waals surface area contributed by atoms with Gasteiger partial charge in [-0.15, -0.1) is 24.0 Å².